The number of amides is 1. The maximum absolute atomic E-state index is 13.4. The van der Waals surface area contributed by atoms with Crippen LogP contribution in [0.1, 0.15) is 28.2 Å². The molecule has 148 valence electrons. The van der Waals surface area contributed by atoms with E-state index in [4.69, 9.17) is 4.74 Å². The second-order valence-corrected chi connectivity index (χ2v) is 8.31. The van der Waals surface area contributed by atoms with E-state index in [2.05, 4.69) is 42.3 Å². The Hall–Kier alpha value is -3.44. The van der Waals surface area contributed by atoms with Gasteiger partial charge in [0.1, 0.15) is 11.5 Å². The number of carbonyl (C=O) groups excluding carboxylic acids is 1. The van der Waals surface area contributed by atoms with Crippen LogP contribution in [0.15, 0.2) is 72.1 Å². The van der Waals surface area contributed by atoms with Crippen LogP contribution in [0.25, 0.3) is 11.3 Å². The molecule has 4 aromatic rings. The fourth-order valence-electron chi connectivity index (χ4n) is 3.84. The number of nitrogens with zero attached hydrogens (tertiary/aromatic N) is 1. The lowest BCUT2D eigenvalue weighted by Crippen LogP contribution is -2.25. The molecule has 5 heteroatoms. The molecule has 0 fully saturated rings. The van der Waals surface area contributed by atoms with E-state index in [-0.39, 0.29) is 5.91 Å². The Bertz CT molecular complexity index is 1220. The third-order valence-corrected chi connectivity index (χ3v) is 6.10. The maximum Gasteiger partial charge on any atom is 0.238 e. The Labute approximate surface area is 179 Å². The van der Waals surface area contributed by atoms with Gasteiger partial charge in [-0.1, -0.05) is 54.1 Å². The molecule has 1 aliphatic heterocycles. The molecule has 0 unspecified atom stereocenters. The van der Waals surface area contributed by atoms with Crippen molar-refractivity contribution in [3.8, 4) is 22.8 Å². The van der Waals surface area contributed by atoms with Gasteiger partial charge in [0.2, 0.25) is 5.91 Å². The van der Waals surface area contributed by atoms with Crippen LogP contribution in [0.3, 0.4) is 0 Å². The van der Waals surface area contributed by atoms with Crippen molar-refractivity contribution in [2.24, 2.45) is 0 Å². The lowest BCUT2D eigenvalue weighted by Gasteiger charge is -2.27. The Morgan fingerprint density at radius 2 is 1.63 bits per heavy atom. The highest BCUT2D eigenvalue weighted by Gasteiger charge is 2.32. The van der Waals surface area contributed by atoms with E-state index < -0.39 is 5.92 Å². The number of nitrogens with one attached hydrogen (secondary N) is 1. The van der Waals surface area contributed by atoms with E-state index in [1.54, 1.807) is 0 Å². The first-order chi connectivity index (χ1) is 14.6. The van der Waals surface area contributed by atoms with Gasteiger partial charge in [-0.3, -0.25) is 4.79 Å². The molecule has 0 bridgehead atoms. The van der Waals surface area contributed by atoms with Crippen molar-refractivity contribution in [2.75, 3.05) is 5.32 Å². The molecule has 5 rings (SSSR count). The van der Waals surface area contributed by atoms with Crippen molar-refractivity contribution in [3.63, 3.8) is 0 Å². The number of thiazole rings is 1. The van der Waals surface area contributed by atoms with Gasteiger partial charge < -0.3 is 10.1 Å². The highest BCUT2D eigenvalue weighted by Crippen LogP contribution is 2.44. The van der Waals surface area contributed by atoms with Crippen molar-refractivity contribution < 1.29 is 9.53 Å². The summed E-state index contributed by atoms with van der Waals surface area (Å²) in [6.45, 7) is 4.14. The first-order valence-corrected chi connectivity index (χ1v) is 10.7. The van der Waals surface area contributed by atoms with Crippen LogP contribution in [0.2, 0.25) is 0 Å². The minimum Gasteiger partial charge on any atom is -0.457 e. The molecule has 0 saturated heterocycles. The Balaban J connectivity index is 1.47. The molecule has 0 radical (unpaired) electrons. The van der Waals surface area contributed by atoms with Gasteiger partial charge in [0.15, 0.2) is 5.13 Å². The number of aromatic nitrogens is 1. The molecule has 1 aromatic heterocycles. The molecular weight excluding hydrogens is 392 g/mol. The van der Waals surface area contributed by atoms with Gasteiger partial charge in [0.25, 0.3) is 0 Å². The molecule has 4 nitrogen and oxygen atoms in total. The number of benzene rings is 3. The Morgan fingerprint density at radius 3 is 2.33 bits per heavy atom. The number of hydrogen-bond donors (Lipinski definition) is 1. The van der Waals surface area contributed by atoms with Crippen LogP contribution in [0.5, 0.6) is 11.5 Å². The van der Waals surface area contributed by atoms with Gasteiger partial charge in [-0.2, -0.15) is 0 Å². The van der Waals surface area contributed by atoms with Gasteiger partial charge in [-0.25, -0.2) is 4.98 Å². The summed E-state index contributed by atoms with van der Waals surface area (Å²) in [6.07, 6.45) is 0. The zero-order valence-electron chi connectivity index (χ0n) is 16.7. The number of hydrogen-bond acceptors (Lipinski definition) is 4. The zero-order chi connectivity index (χ0) is 20.7. The number of rotatable bonds is 3. The molecule has 1 N–H and O–H groups in total. The second kappa shape index (κ2) is 7.43. The molecule has 0 saturated carbocycles. The fraction of sp³-hybridized carbons (Fsp3) is 0.120. The number of anilines is 1. The minimum absolute atomic E-state index is 0.111. The molecule has 1 amide bonds. The van der Waals surface area contributed by atoms with Crippen LogP contribution >= 0.6 is 11.3 Å². The monoisotopic (exact) mass is 412 g/mol. The third kappa shape index (κ3) is 3.27. The van der Waals surface area contributed by atoms with Crippen LogP contribution in [-0.4, -0.2) is 10.9 Å². The van der Waals surface area contributed by atoms with Crippen molar-refractivity contribution in [2.45, 2.75) is 19.8 Å². The van der Waals surface area contributed by atoms with Gasteiger partial charge in [0, 0.05) is 22.1 Å². The van der Waals surface area contributed by atoms with E-state index in [1.165, 1.54) is 16.9 Å². The average Bonchev–Trinajstić information content (AvgIpc) is 3.21. The van der Waals surface area contributed by atoms with Crippen molar-refractivity contribution in [1.29, 1.82) is 0 Å². The van der Waals surface area contributed by atoms with E-state index in [0.717, 1.165) is 27.9 Å². The van der Waals surface area contributed by atoms with Gasteiger partial charge in [-0.05, 0) is 37.6 Å². The van der Waals surface area contributed by atoms with Gasteiger partial charge in [-0.15, -0.1) is 11.3 Å². The lowest BCUT2D eigenvalue weighted by molar-refractivity contribution is -0.116. The summed E-state index contributed by atoms with van der Waals surface area (Å²) in [5, 5.41) is 5.61. The topological polar surface area (TPSA) is 51.2 Å². The smallest absolute Gasteiger partial charge is 0.238 e. The van der Waals surface area contributed by atoms with E-state index >= 15 is 0 Å². The van der Waals surface area contributed by atoms with Crippen LogP contribution in [0.4, 0.5) is 5.13 Å². The van der Waals surface area contributed by atoms with E-state index in [9.17, 15) is 4.79 Å². The fourth-order valence-corrected chi connectivity index (χ4v) is 4.55. The summed E-state index contributed by atoms with van der Waals surface area (Å²) >= 11 is 1.44. The van der Waals surface area contributed by atoms with E-state index in [1.807, 2.05) is 53.9 Å². The number of fused-ring (bicyclic) bond motifs is 2. The molecule has 0 aliphatic carbocycles. The van der Waals surface area contributed by atoms with Crippen LogP contribution in [-0.2, 0) is 4.79 Å². The average molecular weight is 413 g/mol. The number of para-hydroxylation sites is 2. The minimum atomic E-state index is -0.445. The highest BCUT2D eigenvalue weighted by molar-refractivity contribution is 7.14. The summed E-state index contributed by atoms with van der Waals surface area (Å²) < 4.78 is 6.00. The van der Waals surface area contributed by atoms with Crippen LogP contribution in [0, 0.1) is 13.8 Å². The second-order valence-electron chi connectivity index (χ2n) is 7.46. The summed E-state index contributed by atoms with van der Waals surface area (Å²) in [7, 11) is 0. The van der Waals surface area contributed by atoms with Crippen molar-refractivity contribution in [3.05, 3.63) is 94.4 Å². The molecule has 3 aromatic carbocycles. The molecule has 2 heterocycles. The molecule has 1 aliphatic rings. The number of ether oxygens (including phenoxy) is 1. The third-order valence-electron chi connectivity index (χ3n) is 5.35. The maximum atomic E-state index is 13.4. The van der Waals surface area contributed by atoms with Crippen molar-refractivity contribution in [1.82, 2.24) is 4.98 Å². The summed E-state index contributed by atoms with van der Waals surface area (Å²) in [5.74, 6) is 0.873. The van der Waals surface area contributed by atoms with Crippen LogP contribution < -0.4 is 10.1 Å². The SMILES string of the molecule is Cc1ccc(C)c(-c2csc(NC(=O)C3c4ccccc4Oc4ccccc43)n2)c1. The van der Waals surface area contributed by atoms with Gasteiger partial charge >= 0.3 is 0 Å². The molecule has 0 spiro atoms. The normalized spacial score (nSPS) is 12.6. The van der Waals surface area contributed by atoms with Crippen molar-refractivity contribution >= 4 is 22.4 Å². The first kappa shape index (κ1) is 18.6. The highest BCUT2D eigenvalue weighted by atomic mass is 32.1. The lowest BCUT2D eigenvalue weighted by atomic mass is 9.87. The molecule has 0 atom stereocenters. The standard InChI is InChI=1S/C25H20N2O2S/c1-15-11-12-16(2)19(13-15)20-14-30-25(26-20)27-24(28)23-17-7-3-5-9-21(17)29-22-10-6-4-8-18(22)23/h3-14,23H,1-2H3,(H,26,27,28). The summed E-state index contributed by atoms with van der Waals surface area (Å²) in [4.78, 5) is 18.0. The number of carbonyl (C=O) groups is 1. The first-order valence-electron chi connectivity index (χ1n) is 9.80. The van der Waals surface area contributed by atoms with Gasteiger partial charge in [0.05, 0.1) is 11.6 Å². The summed E-state index contributed by atoms with van der Waals surface area (Å²) in [5.41, 5.74) is 6.04. The summed E-state index contributed by atoms with van der Waals surface area (Å²) in [6, 6.07) is 21.7. The quantitative estimate of drug-likeness (QED) is 0.429. The number of aryl methyl sites for hydroxylation is 2. The Kier molecular flexibility index (Phi) is 4.60. The largest absolute Gasteiger partial charge is 0.457 e. The molecule has 30 heavy (non-hydrogen) atoms. The predicted molar refractivity (Wildman–Crippen MR) is 120 cm³/mol. The molecular formula is C25H20N2O2S. The zero-order valence-corrected chi connectivity index (χ0v) is 17.5. The Morgan fingerprint density at radius 1 is 0.967 bits per heavy atom. The van der Waals surface area contributed by atoms with E-state index in [0.29, 0.717) is 16.6 Å². The predicted octanol–water partition coefficient (Wildman–Crippen LogP) is 6.30.